The third-order valence-corrected chi connectivity index (χ3v) is 2.33. The molecule has 102 valence electrons. The highest BCUT2D eigenvalue weighted by atomic mass is 16.5. The van der Waals surface area contributed by atoms with Gasteiger partial charge in [0.25, 0.3) is 5.91 Å². The SMILES string of the molecule is COC(NC(=O)c1ccncc1)N(C(C)=O)C(C)=O. The van der Waals surface area contributed by atoms with Crippen LogP contribution >= 0.6 is 0 Å². The summed E-state index contributed by atoms with van der Waals surface area (Å²) in [5.41, 5.74) is 0.351. The Labute approximate surface area is 110 Å². The zero-order valence-corrected chi connectivity index (χ0v) is 10.9. The molecule has 7 nitrogen and oxygen atoms in total. The maximum Gasteiger partial charge on any atom is 0.254 e. The minimum atomic E-state index is -1.14. The number of hydrogen-bond donors (Lipinski definition) is 1. The van der Waals surface area contributed by atoms with E-state index in [-0.39, 0.29) is 0 Å². The van der Waals surface area contributed by atoms with Crippen LogP contribution in [0.2, 0.25) is 0 Å². The second kappa shape index (κ2) is 6.60. The number of amides is 3. The topological polar surface area (TPSA) is 88.6 Å². The second-order valence-electron chi connectivity index (χ2n) is 3.71. The first kappa shape index (κ1) is 14.8. The van der Waals surface area contributed by atoms with Crippen LogP contribution in [0.15, 0.2) is 24.5 Å². The number of imide groups is 1. The molecule has 1 unspecified atom stereocenters. The zero-order valence-electron chi connectivity index (χ0n) is 10.9. The molecule has 3 amide bonds. The number of nitrogens with one attached hydrogen (secondary N) is 1. The molecule has 0 bridgehead atoms. The molecule has 1 rings (SSSR count). The Bertz CT molecular complexity index is 461. The van der Waals surface area contributed by atoms with E-state index >= 15 is 0 Å². The summed E-state index contributed by atoms with van der Waals surface area (Å²) in [4.78, 5) is 39.2. The molecule has 0 aliphatic rings. The Kier molecular flexibility index (Phi) is 5.13. The summed E-state index contributed by atoms with van der Waals surface area (Å²) in [5.74, 6) is -1.51. The molecule has 0 fully saturated rings. The van der Waals surface area contributed by atoms with Crippen molar-refractivity contribution in [2.45, 2.75) is 20.2 Å². The number of carbonyl (C=O) groups is 3. The molecule has 19 heavy (non-hydrogen) atoms. The van der Waals surface area contributed by atoms with Crippen molar-refractivity contribution in [1.29, 1.82) is 0 Å². The van der Waals surface area contributed by atoms with Crippen molar-refractivity contribution in [1.82, 2.24) is 15.2 Å². The molecule has 0 aromatic carbocycles. The fourth-order valence-corrected chi connectivity index (χ4v) is 1.48. The van der Waals surface area contributed by atoms with Crippen LogP contribution in [0, 0.1) is 0 Å². The van der Waals surface area contributed by atoms with Crippen molar-refractivity contribution in [2.24, 2.45) is 0 Å². The van der Waals surface area contributed by atoms with Gasteiger partial charge in [0.2, 0.25) is 18.2 Å². The average molecular weight is 265 g/mol. The summed E-state index contributed by atoms with van der Waals surface area (Å²) in [6.07, 6.45) is 1.78. The third kappa shape index (κ3) is 3.85. The van der Waals surface area contributed by atoms with Crippen molar-refractivity contribution in [3.8, 4) is 0 Å². The van der Waals surface area contributed by atoms with Gasteiger partial charge in [0.1, 0.15) is 0 Å². The van der Waals surface area contributed by atoms with E-state index in [0.29, 0.717) is 5.56 Å². The Balaban J connectivity index is 2.85. The van der Waals surface area contributed by atoms with E-state index in [1.807, 2.05) is 0 Å². The molecule has 0 aliphatic carbocycles. The summed E-state index contributed by atoms with van der Waals surface area (Å²) in [5, 5.41) is 2.44. The number of aromatic nitrogens is 1. The van der Waals surface area contributed by atoms with Gasteiger partial charge in [-0.25, -0.2) is 4.90 Å². The number of pyridine rings is 1. The highest BCUT2D eigenvalue weighted by Gasteiger charge is 2.26. The van der Waals surface area contributed by atoms with Gasteiger partial charge in [0, 0.05) is 38.9 Å². The molecular weight excluding hydrogens is 250 g/mol. The Morgan fingerprint density at radius 1 is 1.21 bits per heavy atom. The lowest BCUT2D eigenvalue weighted by Gasteiger charge is -2.27. The van der Waals surface area contributed by atoms with E-state index in [4.69, 9.17) is 4.74 Å². The number of hydrogen-bond acceptors (Lipinski definition) is 5. The predicted molar refractivity (Wildman–Crippen MR) is 65.7 cm³/mol. The van der Waals surface area contributed by atoms with Crippen LogP contribution in [0.25, 0.3) is 0 Å². The van der Waals surface area contributed by atoms with Gasteiger partial charge in [0.15, 0.2) is 0 Å². The summed E-state index contributed by atoms with van der Waals surface area (Å²) in [6, 6.07) is 3.02. The number of nitrogens with zero attached hydrogens (tertiary/aromatic N) is 2. The van der Waals surface area contributed by atoms with Crippen LogP contribution in [-0.4, -0.2) is 41.1 Å². The van der Waals surface area contributed by atoms with E-state index in [1.54, 1.807) is 0 Å². The largest absolute Gasteiger partial charge is 0.343 e. The van der Waals surface area contributed by atoms with Crippen LogP contribution in [0.3, 0.4) is 0 Å². The first-order valence-corrected chi connectivity index (χ1v) is 5.51. The molecule has 1 heterocycles. The van der Waals surface area contributed by atoms with Gasteiger partial charge in [-0.1, -0.05) is 0 Å². The molecule has 0 aliphatic heterocycles. The number of ether oxygens (including phenoxy) is 1. The quantitative estimate of drug-likeness (QED) is 0.782. The monoisotopic (exact) mass is 265 g/mol. The number of rotatable bonds is 4. The third-order valence-electron chi connectivity index (χ3n) is 2.33. The highest BCUT2D eigenvalue weighted by Crippen LogP contribution is 2.03. The van der Waals surface area contributed by atoms with Gasteiger partial charge < -0.3 is 10.1 Å². The van der Waals surface area contributed by atoms with Crippen LogP contribution in [0.1, 0.15) is 24.2 Å². The number of methoxy groups -OCH3 is 1. The van der Waals surface area contributed by atoms with Crippen LogP contribution in [0.4, 0.5) is 0 Å². The van der Waals surface area contributed by atoms with Gasteiger partial charge in [0.05, 0.1) is 0 Å². The van der Waals surface area contributed by atoms with E-state index < -0.39 is 24.1 Å². The summed E-state index contributed by atoms with van der Waals surface area (Å²) in [6.45, 7) is 2.43. The van der Waals surface area contributed by atoms with Crippen molar-refractivity contribution >= 4 is 17.7 Å². The maximum atomic E-state index is 11.9. The van der Waals surface area contributed by atoms with E-state index in [0.717, 1.165) is 4.90 Å². The molecular formula is C12H15N3O4. The van der Waals surface area contributed by atoms with E-state index in [9.17, 15) is 14.4 Å². The van der Waals surface area contributed by atoms with Crippen LogP contribution in [0.5, 0.6) is 0 Å². The van der Waals surface area contributed by atoms with Crippen LogP contribution in [-0.2, 0) is 14.3 Å². The molecule has 7 heteroatoms. The molecule has 1 aromatic rings. The van der Waals surface area contributed by atoms with Gasteiger partial charge in [-0.15, -0.1) is 0 Å². The Morgan fingerprint density at radius 2 is 1.74 bits per heavy atom. The van der Waals surface area contributed by atoms with Crippen molar-refractivity contribution in [3.05, 3.63) is 30.1 Å². The molecule has 1 N–H and O–H groups in total. The summed E-state index contributed by atoms with van der Waals surface area (Å²) in [7, 11) is 1.29. The van der Waals surface area contributed by atoms with Crippen molar-refractivity contribution in [2.75, 3.05) is 7.11 Å². The summed E-state index contributed by atoms with van der Waals surface area (Å²) >= 11 is 0. The molecule has 1 atom stereocenters. The minimum Gasteiger partial charge on any atom is -0.343 e. The standard InChI is InChI=1S/C12H15N3O4/c1-8(16)15(9(2)17)12(19-3)14-11(18)10-4-6-13-7-5-10/h4-7,12H,1-3H3,(H,14,18). The second-order valence-corrected chi connectivity index (χ2v) is 3.71. The smallest absolute Gasteiger partial charge is 0.254 e. The van der Waals surface area contributed by atoms with Crippen molar-refractivity contribution in [3.63, 3.8) is 0 Å². The first-order chi connectivity index (χ1) is 8.97. The zero-order chi connectivity index (χ0) is 14.4. The average Bonchev–Trinajstić information content (AvgIpc) is 2.37. The fraction of sp³-hybridized carbons (Fsp3) is 0.333. The molecule has 1 aromatic heterocycles. The van der Waals surface area contributed by atoms with Gasteiger partial charge >= 0.3 is 0 Å². The van der Waals surface area contributed by atoms with Gasteiger partial charge in [-0.3, -0.25) is 19.4 Å². The molecule has 0 spiro atoms. The Morgan fingerprint density at radius 3 is 2.16 bits per heavy atom. The predicted octanol–water partition coefficient (Wildman–Crippen LogP) is 0.136. The van der Waals surface area contributed by atoms with Crippen LogP contribution < -0.4 is 5.32 Å². The molecule has 0 saturated carbocycles. The van der Waals surface area contributed by atoms with Crippen molar-refractivity contribution < 1.29 is 19.1 Å². The lowest BCUT2D eigenvalue weighted by atomic mass is 10.2. The normalized spacial score (nSPS) is 11.5. The number of carbonyl (C=O) groups excluding carboxylic acids is 3. The van der Waals surface area contributed by atoms with Gasteiger partial charge in [-0.05, 0) is 12.1 Å². The first-order valence-electron chi connectivity index (χ1n) is 5.51. The minimum absolute atomic E-state index is 0.351. The Hall–Kier alpha value is -2.28. The maximum absolute atomic E-state index is 11.9. The van der Waals surface area contributed by atoms with E-state index in [1.165, 1.54) is 45.5 Å². The summed E-state index contributed by atoms with van der Waals surface area (Å²) < 4.78 is 4.96. The highest BCUT2D eigenvalue weighted by molar-refractivity contribution is 5.96. The van der Waals surface area contributed by atoms with Gasteiger partial charge in [-0.2, -0.15) is 0 Å². The lowest BCUT2D eigenvalue weighted by Crippen LogP contribution is -2.53. The molecule has 0 saturated heterocycles. The fourth-order valence-electron chi connectivity index (χ4n) is 1.48. The molecule has 0 radical (unpaired) electrons. The van der Waals surface area contributed by atoms with E-state index in [2.05, 4.69) is 10.3 Å². The lowest BCUT2D eigenvalue weighted by molar-refractivity contribution is -0.157.